The van der Waals surface area contributed by atoms with Gasteiger partial charge in [0.25, 0.3) is 0 Å². The minimum Gasteiger partial charge on any atom is -0.384 e. The molecule has 0 aromatic carbocycles. The molecule has 2 atom stereocenters. The van der Waals surface area contributed by atoms with Crippen molar-refractivity contribution in [3.8, 4) is 0 Å². The molecule has 0 spiro atoms. The molecule has 1 aliphatic heterocycles. The molecule has 0 saturated carbocycles. The monoisotopic (exact) mass is 143 g/mol. The molecule has 2 unspecified atom stereocenters. The van der Waals surface area contributed by atoms with Crippen molar-refractivity contribution < 1.29 is 9.84 Å². The lowest BCUT2D eigenvalue weighted by Crippen LogP contribution is -2.21. The van der Waals surface area contributed by atoms with Crippen molar-refractivity contribution in [1.29, 1.82) is 0 Å². The van der Waals surface area contributed by atoms with E-state index in [1.54, 1.807) is 0 Å². The summed E-state index contributed by atoms with van der Waals surface area (Å²) in [5.41, 5.74) is 7.94. The Balaban J connectivity index is 2.39. The first-order valence-electron chi connectivity index (χ1n) is 3.18. The zero-order valence-corrected chi connectivity index (χ0v) is 5.47. The Bertz CT molecular complexity index is 149. The minimum atomic E-state index is -1.01. The molecule has 0 aliphatic carbocycles. The molecule has 56 valence electrons. The van der Waals surface area contributed by atoms with Crippen LogP contribution < -0.4 is 0 Å². The quantitative estimate of drug-likeness (QED) is 0.352. The summed E-state index contributed by atoms with van der Waals surface area (Å²) >= 11 is 0. The van der Waals surface area contributed by atoms with E-state index in [9.17, 15) is 0 Å². The molecule has 0 aromatic heterocycles. The van der Waals surface area contributed by atoms with Gasteiger partial charge in [-0.15, -0.1) is 0 Å². The van der Waals surface area contributed by atoms with Gasteiger partial charge in [0.2, 0.25) is 0 Å². The van der Waals surface area contributed by atoms with E-state index in [2.05, 4.69) is 10.0 Å². The zero-order chi connectivity index (χ0) is 7.40. The highest BCUT2D eigenvalue weighted by Gasteiger charge is 2.22. The van der Waals surface area contributed by atoms with Gasteiger partial charge < -0.3 is 9.84 Å². The second-order valence-electron chi connectivity index (χ2n) is 2.17. The fourth-order valence-electron chi connectivity index (χ4n) is 0.965. The van der Waals surface area contributed by atoms with Crippen LogP contribution in [0.15, 0.2) is 5.11 Å². The van der Waals surface area contributed by atoms with Crippen molar-refractivity contribution in [2.45, 2.75) is 25.2 Å². The molecule has 1 fully saturated rings. The van der Waals surface area contributed by atoms with E-state index in [4.69, 9.17) is 15.4 Å². The second-order valence-corrected chi connectivity index (χ2v) is 2.17. The van der Waals surface area contributed by atoms with Crippen LogP contribution in [0.2, 0.25) is 0 Å². The number of rotatable bonds is 2. The van der Waals surface area contributed by atoms with Crippen molar-refractivity contribution in [1.82, 2.24) is 0 Å². The van der Waals surface area contributed by atoms with Crippen LogP contribution in [0.3, 0.4) is 0 Å². The van der Waals surface area contributed by atoms with E-state index in [1.807, 2.05) is 0 Å². The Hall–Kier alpha value is -0.770. The zero-order valence-electron chi connectivity index (χ0n) is 5.47. The Morgan fingerprint density at radius 1 is 1.80 bits per heavy atom. The van der Waals surface area contributed by atoms with Crippen molar-refractivity contribution >= 4 is 0 Å². The van der Waals surface area contributed by atoms with E-state index >= 15 is 0 Å². The maximum atomic E-state index is 9.00. The summed E-state index contributed by atoms with van der Waals surface area (Å²) < 4.78 is 5.05. The first-order valence-corrected chi connectivity index (χ1v) is 3.18. The highest BCUT2D eigenvalue weighted by atomic mass is 16.5. The molecule has 0 aromatic rings. The lowest BCUT2D eigenvalue weighted by Gasteiger charge is -2.10. The summed E-state index contributed by atoms with van der Waals surface area (Å²) in [6.45, 7) is 0.655. The number of nitrogens with zero attached hydrogens (tertiary/aromatic N) is 3. The van der Waals surface area contributed by atoms with Gasteiger partial charge in [0.05, 0.1) is 6.10 Å². The van der Waals surface area contributed by atoms with Crippen molar-refractivity contribution in [3.05, 3.63) is 10.4 Å². The third kappa shape index (κ3) is 1.60. The third-order valence-electron chi connectivity index (χ3n) is 1.47. The summed E-state index contributed by atoms with van der Waals surface area (Å²) in [7, 11) is 0. The molecule has 1 saturated heterocycles. The van der Waals surface area contributed by atoms with Crippen molar-refractivity contribution in [2.24, 2.45) is 5.11 Å². The Labute approximate surface area is 58.2 Å². The maximum Gasteiger partial charge on any atom is 0.159 e. The van der Waals surface area contributed by atoms with Gasteiger partial charge in [0, 0.05) is 11.5 Å². The SMILES string of the molecule is [N-]=[N+]=NC(O)C1CCCO1. The van der Waals surface area contributed by atoms with E-state index in [1.165, 1.54) is 0 Å². The van der Waals surface area contributed by atoms with E-state index in [0.717, 1.165) is 12.8 Å². The van der Waals surface area contributed by atoms with Crippen LogP contribution in [-0.2, 0) is 4.74 Å². The molecule has 0 amide bonds. The summed E-state index contributed by atoms with van der Waals surface area (Å²) in [5, 5.41) is 12.1. The maximum absolute atomic E-state index is 9.00. The topological polar surface area (TPSA) is 78.2 Å². The fraction of sp³-hybridized carbons (Fsp3) is 1.00. The number of ether oxygens (including phenoxy) is 1. The van der Waals surface area contributed by atoms with Gasteiger partial charge >= 0.3 is 0 Å². The lowest BCUT2D eigenvalue weighted by atomic mass is 10.2. The van der Waals surface area contributed by atoms with Crippen molar-refractivity contribution in [2.75, 3.05) is 6.61 Å². The summed E-state index contributed by atoms with van der Waals surface area (Å²) in [6.07, 6.45) is 0.423. The molecular weight excluding hydrogens is 134 g/mol. The van der Waals surface area contributed by atoms with E-state index in [0.29, 0.717) is 6.61 Å². The number of hydrogen-bond donors (Lipinski definition) is 1. The summed E-state index contributed by atoms with van der Waals surface area (Å²) in [6, 6.07) is 0. The second kappa shape index (κ2) is 3.41. The first-order chi connectivity index (χ1) is 4.84. The highest BCUT2D eigenvalue weighted by molar-refractivity contribution is 4.71. The fourth-order valence-corrected chi connectivity index (χ4v) is 0.965. The predicted octanol–water partition coefficient (Wildman–Crippen LogP) is 0.794. The van der Waals surface area contributed by atoms with Gasteiger partial charge in [-0.1, -0.05) is 5.11 Å². The first kappa shape index (κ1) is 7.34. The van der Waals surface area contributed by atoms with Crippen LogP contribution >= 0.6 is 0 Å². The number of hydrogen-bond acceptors (Lipinski definition) is 3. The minimum absolute atomic E-state index is 0.282. The average molecular weight is 143 g/mol. The van der Waals surface area contributed by atoms with Gasteiger partial charge in [0.1, 0.15) is 0 Å². The summed E-state index contributed by atoms with van der Waals surface area (Å²) in [4.78, 5) is 2.48. The number of aliphatic hydroxyl groups is 1. The van der Waals surface area contributed by atoms with Gasteiger partial charge in [-0.3, -0.25) is 0 Å². The van der Waals surface area contributed by atoms with E-state index < -0.39 is 6.23 Å². The van der Waals surface area contributed by atoms with Crippen LogP contribution in [0.1, 0.15) is 12.8 Å². The molecule has 5 nitrogen and oxygen atoms in total. The Kier molecular flexibility index (Phi) is 2.50. The lowest BCUT2D eigenvalue weighted by molar-refractivity contribution is 0.00256. The molecule has 0 radical (unpaired) electrons. The molecule has 1 rings (SSSR count). The van der Waals surface area contributed by atoms with Crippen LogP contribution in [-0.4, -0.2) is 24.0 Å². The van der Waals surface area contributed by atoms with E-state index in [-0.39, 0.29) is 6.10 Å². The molecule has 10 heavy (non-hydrogen) atoms. The van der Waals surface area contributed by atoms with Crippen LogP contribution in [0.25, 0.3) is 10.4 Å². The van der Waals surface area contributed by atoms with Gasteiger partial charge in [-0.05, 0) is 18.4 Å². The molecular formula is C5H9N3O2. The van der Waals surface area contributed by atoms with Crippen LogP contribution in [0, 0.1) is 0 Å². The third-order valence-corrected chi connectivity index (χ3v) is 1.47. The Morgan fingerprint density at radius 2 is 2.60 bits per heavy atom. The standard InChI is InChI=1S/C5H9N3O2/c6-8-7-5(9)4-2-1-3-10-4/h4-5,9H,1-3H2. The Morgan fingerprint density at radius 3 is 3.10 bits per heavy atom. The molecule has 0 bridgehead atoms. The largest absolute Gasteiger partial charge is 0.384 e. The predicted molar refractivity (Wildman–Crippen MR) is 34.1 cm³/mol. The highest BCUT2D eigenvalue weighted by Crippen LogP contribution is 2.15. The summed E-state index contributed by atoms with van der Waals surface area (Å²) in [5.74, 6) is 0. The van der Waals surface area contributed by atoms with Gasteiger partial charge in [-0.2, -0.15) is 0 Å². The van der Waals surface area contributed by atoms with Crippen LogP contribution in [0.4, 0.5) is 0 Å². The molecule has 5 heteroatoms. The normalized spacial score (nSPS) is 27.5. The van der Waals surface area contributed by atoms with Crippen LogP contribution in [0.5, 0.6) is 0 Å². The van der Waals surface area contributed by atoms with Gasteiger partial charge in [-0.25, -0.2) is 0 Å². The molecule has 1 N–H and O–H groups in total. The average Bonchev–Trinajstić information content (AvgIpc) is 2.38. The number of azide groups is 1. The smallest absolute Gasteiger partial charge is 0.159 e. The molecule has 1 heterocycles. The number of aliphatic hydroxyl groups excluding tert-OH is 1. The van der Waals surface area contributed by atoms with Crippen molar-refractivity contribution in [3.63, 3.8) is 0 Å². The molecule has 1 aliphatic rings. The van der Waals surface area contributed by atoms with Gasteiger partial charge in [0.15, 0.2) is 6.23 Å².